The summed E-state index contributed by atoms with van der Waals surface area (Å²) in [6.07, 6.45) is 1.65. The summed E-state index contributed by atoms with van der Waals surface area (Å²) in [5.74, 6) is 0.743. The number of carbonyl (C=O) groups is 2. The van der Waals surface area contributed by atoms with Gasteiger partial charge in [-0.1, -0.05) is 24.3 Å². The number of nitrogens with zero attached hydrogens (tertiary/aromatic N) is 1. The van der Waals surface area contributed by atoms with Crippen molar-refractivity contribution >= 4 is 34.7 Å². The van der Waals surface area contributed by atoms with E-state index in [1.807, 2.05) is 31.2 Å². The van der Waals surface area contributed by atoms with Gasteiger partial charge in [0.1, 0.15) is 0 Å². The van der Waals surface area contributed by atoms with Crippen molar-refractivity contribution in [2.24, 2.45) is 0 Å². The summed E-state index contributed by atoms with van der Waals surface area (Å²) >= 11 is 0.912. The molecule has 0 bridgehead atoms. The Morgan fingerprint density at radius 3 is 2.48 bits per heavy atom. The topological polar surface area (TPSA) is 55.8 Å². The third kappa shape index (κ3) is 3.25. The van der Waals surface area contributed by atoms with E-state index in [1.54, 1.807) is 31.4 Å². The Balaban J connectivity index is 1.99. The van der Waals surface area contributed by atoms with Crippen LogP contribution in [0.5, 0.6) is 11.5 Å². The molecule has 1 aliphatic heterocycles. The fourth-order valence-electron chi connectivity index (χ4n) is 2.62. The number of imide groups is 1. The molecule has 2 aromatic carbocycles. The lowest BCUT2D eigenvalue weighted by molar-refractivity contribution is -0.113. The molecular formula is C19H17NO4S. The van der Waals surface area contributed by atoms with E-state index in [4.69, 9.17) is 9.47 Å². The molecule has 0 atom stereocenters. The van der Waals surface area contributed by atoms with Crippen LogP contribution in [0.1, 0.15) is 11.1 Å². The molecule has 2 amide bonds. The van der Waals surface area contributed by atoms with Crippen molar-refractivity contribution in [3.63, 3.8) is 0 Å². The molecular weight excluding hydrogens is 338 g/mol. The SMILES string of the molecule is COc1cccc(/C=C2\SC(=O)N(c3cccc(C)c3)C2=O)c1OC. The zero-order valence-corrected chi connectivity index (χ0v) is 14.9. The minimum absolute atomic E-state index is 0.316. The highest BCUT2D eigenvalue weighted by atomic mass is 32.2. The Labute approximate surface area is 150 Å². The summed E-state index contributed by atoms with van der Waals surface area (Å²) in [5.41, 5.74) is 2.23. The third-order valence-corrected chi connectivity index (χ3v) is 4.64. The lowest BCUT2D eigenvalue weighted by atomic mass is 10.1. The molecule has 1 fully saturated rings. The average molecular weight is 355 g/mol. The zero-order valence-electron chi connectivity index (χ0n) is 14.1. The van der Waals surface area contributed by atoms with Gasteiger partial charge in [0.05, 0.1) is 24.8 Å². The third-order valence-electron chi connectivity index (χ3n) is 3.77. The monoisotopic (exact) mass is 355 g/mol. The first-order chi connectivity index (χ1) is 12.0. The molecule has 0 radical (unpaired) electrons. The fraction of sp³-hybridized carbons (Fsp3) is 0.158. The predicted molar refractivity (Wildman–Crippen MR) is 99.2 cm³/mol. The highest BCUT2D eigenvalue weighted by molar-refractivity contribution is 8.19. The second-order valence-electron chi connectivity index (χ2n) is 5.44. The molecule has 6 heteroatoms. The number of ether oxygens (including phenoxy) is 2. The summed E-state index contributed by atoms with van der Waals surface area (Å²) in [4.78, 5) is 26.6. The van der Waals surface area contributed by atoms with E-state index in [1.165, 1.54) is 12.0 Å². The van der Waals surface area contributed by atoms with Gasteiger partial charge in [-0.15, -0.1) is 0 Å². The second-order valence-corrected chi connectivity index (χ2v) is 6.43. The maximum Gasteiger partial charge on any atom is 0.298 e. The number of hydrogen-bond acceptors (Lipinski definition) is 5. The highest BCUT2D eigenvalue weighted by Gasteiger charge is 2.36. The number of amides is 2. The van der Waals surface area contributed by atoms with Crippen molar-refractivity contribution in [1.29, 1.82) is 0 Å². The van der Waals surface area contributed by atoms with Crippen LogP contribution in [0.25, 0.3) is 6.08 Å². The van der Waals surface area contributed by atoms with Crippen LogP contribution in [0.15, 0.2) is 47.4 Å². The molecule has 0 N–H and O–H groups in total. The van der Waals surface area contributed by atoms with E-state index in [2.05, 4.69) is 0 Å². The zero-order chi connectivity index (χ0) is 18.0. The smallest absolute Gasteiger partial charge is 0.298 e. The lowest BCUT2D eigenvalue weighted by Gasteiger charge is -2.13. The maximum atomic E-state index is 12.7. The molecule has 0 aliphatic carbocycles. The first kappa shape index (κ1) is 17.1. The maximum absolute atomic E-state index is 12.7. The Hall–Kier alpha value is -2.73. The van der Waals surface area contributed by atoms with Crippen molar-refractivity contribution < 1.29 is 19.1 Å². The summed E-state index contributed by atoms with van der Waals surface area (Å²) in [6, 6.07) is 12.7. The Kier molecular flexibility index (Phi) is 4.81. The number of rotatable bonds is 4. The first-order valence-corrected chi connectivity index (χ1v) is 8.42. The number of thioether (sulfide) groups is 1. The molecule has 2 aromatic rings. The Morgan fingerprint density at radius 1 is 1.04 bits per heavy atom. The van der Waals surface area contributed by atoms with E-state index in [9.17, 15) is 9.59 Å². The van der Waals surface area contributed by atoms with Crippen molar-refractivity contribution in [2.45, 2.75) is 6.92 Å². The molecule has 1 saturated heterocycles. The second kappa shape index (κ2) is 7.03. The molecule has 1 aliphatic rings. The van der Waals surface area contributed by atoms with Crippen molar-refractivity contribution in [1.82, 2.24) is 0 Å². The largest absolute Gasteiger partial charge is 0.493 e. The number of anilines is 1. The van der Waals surface area contributed by atoms with E-state index < -0.39 is 0 Å². The van der Waals surface area contributed by atoms with Gasteiger partial charge in [-0.2, -0.15) is 0 Å². The molecule has 0 saturated carbocycles. The van der Waals surface area contributed by atoms with Gasteiger partial charge in [-0.3, -0.25) is 9.59 Å². The molecule has 25 heavy (non-hydrogen) atoms. The predicted octanol–water partition coefficient (Wildman–Crippen LogP) is 4.25. The lowest BCUT2D eigenvalue weighted by Crippen LogP contribution is -2.27. The number of methoxy groups -OCH3 is 2. The molecule has 0 spiro atoms. The molecule has 1 heterocycles. The summed E-state index contributed by atoms with van der Waals surface area (Å²) in [6.45, 7) is 1.92. The van der Waals surface area contributed by atoms with E-state index >= 15 is 0 Å². The van der Waals surface area contributed by atoms with Crippen LogP contribution in [-0.4, -0.2) is 25.4 Å². The van der Waals surface area contributed by atoms with Gasteiger partial charge < -0.3 is 9.47 Å². The standard InChI is InChI=1S/C19H17NO4S/c1-12-6-4-8-14(10-12)20-18(21)16(25-19(20)22)11-13-7-5-9-15(23-2)17(13)24-3/h4-11H,1-3H3/b16-11-. The van der Waals surface area contributed by atoms with Crippen LogP contribution in [0.2, 0.25) is 0 Å². The van der Waals surface area contributed by atoms with Crippen LogP contribution < -0.4 is 14.4 Å². The van der Waals surface area contributed by atoms with E-state index in [0.29, 0.717) is 27.7 Å². The summed E-state index contributed by atoms with van der Waals surface area (Å²) in [7, 11) is 3.08. The average Bonchev–Trinajstić information content (AvgIpc) is 2.88. The van der Waals surface area contributed by atoms with Crippen molar-refractivity contribution in [3.8, 4) is 11.5 Å². The number of para-hydroxylation sites is 1. The van der Waals surface area contributed by atoms with E-state index in [-0.39, 0.29) is 11.1 Å². The first-order valence-electron chi connectivity index (χ1n) is 7.60. The van der Waals surface area contributed by atoms with Gasteiger partial charge in [0.15, 0.2) is 11.5 Å². The van der Waals surface area contributed by atoms with Gasteiger partial charge in [0.2, 0.25) is 0 Å². The van der Waals surface area contributed by atoms with Gasteiger partial charge in [-0.05, 0) is 48.5 Å². The van der Waals surface area contributed by atoms with Crippen molar-refractivity contribution in [2.75, 3.05) is 19.1 Å². The minimum Gasteiger partial charge on any atom is -0.493 e. The molecule has 5 nitrogen and oxygen atoms in total. The number of hydrogen-bond donors (Lipinski definition) is 0. The number of carbonyl (C=O) groups excluding carboxylic acids is 2. The molecule has 0 unspecified atom stereocenters. The summed E-state index contributed by atoms with van der Waals surface area (Å²) in [5, 5.41) is -0.316. The Morgan fingerprint density at radius 2 is 1.80 bits per heavy atom. The quantitative estimate of drug-likeness (QED) is 0.767. The highest BCUT2D eigenvalue weighted by Crippen LogP contribution is 2.38. The van der Waals surface area contributed by atoms with Crippen LogP contribution in [-0.2, 0) is 4.79 Å². The van der Waals surface area contributed by atoms with Gasteiger partial charge >= 0.3 is 0 Å². The van der Waals surface area contributed by atoms with Gasteiger partial charge in [-0.25, -0.2) is 4.90 Å². The van der Waals surface area contributed by atoms with Gasteiger partial charge in [0, 0.05) is 5.56 Å². The van der Waals surface area contributed by atoms with Gasteiger partial charge in [0.25, 0.3) is 11.1 Å². The molecule has 0 aromatic heterocycles. The van der Waals surface area contributed by atoms with Crippen molar-refractivity contribution in [3.05, 3.63) is 58.5 Å². The van der Waals surface area contributed by atoms with Crippen LogP contribution in [0, 0.1) is 6.92 Å². The fourth-order valence-corrected chi connectivity index (χ4v) is 3.46. The molecule has 3 rings (SSSR count). The normalized spacial score (nSPS) is 15.8. The number of aryl methyl sites for hydroxylation is 1. The minimum atomic E-state index is -0.342. The van der Waals surface area contributed by atoms with E-state index in [0.717, 1.165) is 17.3 Å². The molecule has 128 valence electrons. The Bertz CT molecular complexity index is 875. The van der Waals surface area contributed by atoms with Crippen LogP contribution >= 0.6 is 11.8 Å². The van der Waals surface area contributed by atoms with Crippen LogP contribution in [0.4, 0.5) is 10.5 Å². The summed E-state index contributed by atoms with van der Waals surface area (Å²) < 4.78 is 10.6. The number of benzene rings is 2. The van der Waals surface area contributed by atoms with Crippen LogP contribution in [0.3, 0.4) is 0 Å².